The fourth-order valence-corrected chi connectivity index (χ4v) is 6.64. The van der Waals surface area contributed by atoms with Gasteiger partial charge in [-0.15, -0.1) is 0 Å². The Morgan fingerprint density at radius 2 is 1.04 bits per heavy atom. The van der Waals surface area contributed by atoms with Crippen LogP contribution in [0.25, 0.3) is 0 Å². The fourth-order valence-electron chi connectivity index (χ4n) is 6.64. The van der Waals surface area contributed by atoms with Gasteiger partial charge in [0.25, 0.3) is 11.8 Å². The van der Waals surface area contributed by atoms with Crippen LogP contribution in [0, 0.1) is 0 Å². The molecule has 0 bridgehead atoms. The second kappa shape index (κ2) is 25.3. The van der Waals surface area contributed by atoms with Gasteiger partial charge in [0, 0.05) is 26.2 Å². The van der Waals surface area contributed by atoms with Gasteiger partial charge in [0.2, 0.25) is 0 Å². The molecule has 264 valence electrons. The number of carbonyl (C=O) groups is 2. The number of carbonyl (C=O) groups excluding carboxylic acids is 2. The molecule has 1 aromatic rings. The monoisotopic (exact) mass is 644 g/mol. The molecule has 0 aliphatic carbocycles. The number of likely N-dealkylation sites (N-methyl/N-ethyl adjacent to an activating group) is 1. The van der Waals surface area contributed by atoms with Gasteiger partial charge in [-0.3, -0.25) is 14.5 Å². The van der Waals surface area contributed by atoms with Crippen molar-refractivity contribution in [2.45, 2.75) is 155 Å². The van der Waals surface area contributed by atoms with Crippen LogP contribution in [-0.4, -0.2) is 80.9 Å². The Labute approximate surface area is 283 Å². The molecule has 0 radical (unpaired) electrons. The Balaban J connectivity index is 1.69. The maximum atomic E-state index is 12.8. The summed E-state index contributed by atoms with van der Waals surface area (Å²) < 4.78 is 13.4. The maximum absolute atomic E-state index is 12.8. The summed E-state index contributed by atoms with van der Waals surface area (Å²) in [6.07, 6.45) is 27.3. The van der Waals surface area contributed by atoms with Gasteiger partial charge < -0.3 is 14.0 Å². The number of benzene rings is 1. The third kappa shape index (κ3) is 17.4. The third-order valence-electron chi connectivity index (χ3n) is 9.52. The molecule has 1 atom stereocenters. The second-order valence-corrected chi connectivity index (χ2v) is 14.4. The lowest BCUT2D eigenvalue weighted by atomic mass is 10.1. The van der Waals surface area contributed by atoms with E-state index in [0.717, 1.165) is 50.0 Å². The van der Waals surface area contributed by atoms with E-state index in [1.165, 1.54) is 120 Å². The Morgan fingerprint density at radius 3 is 1.52 bits per heavy atom. The number of ether oxygens (including phenoxy) is 2. The van der Waals surface area contributed by atoms with Gasteiger partial charge in [-0.1, -0.05) is 142 Å². The SMILES string of the molecule is CCCCCCCCCCCCOCC(C[N+](C)(C)CCCN1C(=O)c2ccccc2C1=O)OCCCCCCCCCCCC. The Hall–Kier alpha value is -1.76. The molecular weight excluding hydrogens is 572 g/mol. The van der Waals surface area contributed by atoms with Crippen molar-refractivity contribution in [3.05, 3.63) is 35.4 Å². The van der Waals surface area contributed by atoms with E-state index < -0.39 is 0 Å². The third-order valence-corrected chi connectivity index (χ3v) is 9.52. The lowest BCUT2D eigenvalue weighted by molar-refractivity contribution is -0.893. The molecule has 6 heteroatoms. The molecule has 0 saturated carbocycles. The highest BCUT2D eigenvalue weighted by Crippen LogP contribution is 2.23. The van der Waals surface area contributed by atoms with Crippen molar-refractivity contribution in [1.29, 1.82) is 0 Å². The maximum Gasteiger partial charge on any atom is 0.261 e. The summed E-state index contributed by atoms with van der Waals surface area (Å²) in [5, 5.41) is 0. The van der Waals surface area contributed by atoms with Gasteiger partial charge >= 0.3 is 0 Å². The lowest BCUT2D eigenvalue weighted by Gasteiger charge is -2.34. The van der Waals surface area contributed by atoms with Crippen molar-refractivity contribution in [3.63, 3.8) is 0 Å². The van der Waals surface area contributed by atoms with Crippen molar-refractivity contribution in [2.24, 2.45) is 0 Å². The van der Waals surface area contributed by atoms with E-state index in [1.807, 2.05) is 12.1 Å². The molecule has 2 amide bonds. The normalized spacial score (nSPS) is 14.0. The highest BCUT2D eigenvalue weighted by atomic mass is 16.5. The largest absolute Gasteiger partial charge is 0.379 e. The van der Waals surface area contributed by atoms with Crippen molar-refractivity contribution in [3.8, 4) is 0 Å². The number of hydrogen-bond donors (Lipinski definition) is 0. The molecule has 1 aliphatic heterocycles. The van der Waals surface area contributed by atoms with E-state index in [9.17, 15) is 9.59 Å². The predicted molar refractivity (Wildman–Crippen MR) is 193 cm³/mol. The molecule has 0 spiro atoms. The Kier molecular flexibility index (Phi) is 22.2. The van der Waals surface area contributed by atoms with E-state index in [0.29, 0.717) is 24.3 Å². The van der Waals surface area contributed by atoms with E-state index in [4.69, 9.17) is 9.47 Å². The van der Waals surface area contributed by atoms with Crippen molar-refractivity contribution < 1.29 is 23.5 Å². The molecule has 0 fully saturated rings. The average molecular weight is 644 g/mol. The molecule has 0 N–H and O–H groups in total. The van der Waals surface area contributed by atoms with E-state index in [1.54, 1.807) is 12.1 Å². The predicted octanol–water partition coefficient (Wildman–Crippen LogP) is 9.99. The molecule has 0 saturated heterocycles. The average Bonchev–Trinajstić information content (AvgIpc) is 3.28. The summed E-state index contributed by atoms with van der Waals surface area (Å²) in [6, 6.07) is 7.15. The van der Waals surface area contributed by atoms with Crippen LogP contribution in [0.2, 0.25) is 0 Å². The number of unbranched alkanes of at least 4 members (excludes halogenated alkanes) is 18. The number of rotatable bonds is 31. The minimum Gasteiger partial charge on any atom is -0.379 e. The first-order valence-electron chi connectivity index (χ1n) is 19.4. The Bertz CT molecular complexity index is 899. The summed E-state index contributed by atoms with van der Waals surface area (Å²) >= 11 is 0. The van der Waals surface area contributed by atoms with Gasteiger partial charge in [-0.25, -0.2) is 0 Å². The number of hydrogen-bond acceptors (Lipinski definition) is 4. The molecule has 1 unspecified atom stereocenters. The van der Waals surface area contributed by atoms with Gasteiger partial charge in [0.05, 0.1) is 38.4 Å². The number of quaternary nitrogens is 1. The van der Waals surface area contributed by atoms with Crippen LogP contribution >= 0.6 is 0 Å². The molecule has 6 nitrogen and oxygen atoms in total. The minimum atomic E-state index is -0.163. The molecule has 1 aliphatic rings. The number of amides is 2. The van der Waals surface area contributed by atoms with E-state index >= 15 is 0 Å². The smallest absolute Gasteiger partial charge is 0.261 e. The van der Waals surface area contributed by atoms with E-state index in [-0.39, 0.29) is 17.9 Å². The highest BCUT2D eigenvalue weighted by Gasteiger charge is 2.35. The second-order valence-electron chi connectivity index (χ2n) is 14.4. The first kappa shape index (κ1) is 40.4. The van der Waals surface area contributed by atoms with Crippen LogP contribution in [0.15, 0.2) is 24.3 Å². The van der Waals surface area contributed by atoms with Crippen LogP contribution in [0.5, 0.6) is 0 Å². The minimum absolute atomic E-state index is 0.0518. The van der Waals surface area contributed by atoms with Gasteiger partial charge in [0.15, 0.2) is 0 Å². The summed E-state index contributed by atoms with van der Waals surface area (Å²) in [6.45, 7) is 8.96. The van der Waals surface area contributed by atoms with Crippen LogP contribution in [0.4, 0.5) is 0 Å². The first-order chi connectivity index (χ1) is 22.4. The molecule has 2 rings (SSSR count). The highest BCUT2D eigenvalue weighted by molar-refractivity contribution is 6.21. The van der Waals surface area contributed by atoms with Crippen LogP contribution < -0.4 is 0 Å². The molecular formula is C40H71N2O4+. The summed E-state index contributed by atoms with van der Waals surface area (Å²) in [5.74, 6) is -0.326. The number of fused-ring (bicyclic) bond motifs is 1. The zero-order valence-corrected chi connectivity index (χ0v) is 30.5. The number of imide groups is 1. The zero-order chi connectivity index (χ0) is 33.3. The molecule has 46 heavy (non-hydrogen) atoms. The standard InChI is InChI=1S/C40H71N2O4/c1-5-7-9-11-13-15-17-19-21-25-32-45-35-36(46-33-26-22-20-18-16-14-12-10-8-6-2)34-42(3,4)31-27-30-41-39(43)37-28-23-24-29-38(37)40(41)44/h23-24,28-29,36H,5-22,25-27,30-35H2,1-4H3/q+1. The molecule has 1 aromatic carbocycles. The summed E-state index contributed by atoms with van der Waals surface area (Å²) in [7, 11) is 4.45. The van der Waals surface area contributed by atoms with Gasteiger partial charge in [0.1, 0.15) is 12.6 Å². The topological polar surface area (TPSA) is 55.8 Å². The van der Waals surface area contributed by atoms with Gasteiger partial charge in [-0.2, -0.15) is 0 Å². The zero-order valence-electron chi connectivity index (χ0n) is 30.5. The van der Waals surface area contributed by atoms with Gasteiger partial charge in [-0.05, 0) is 25.0 Å². The van der Waals surface area contributed by atoms with Crippen LogP contribution in [0.1, 0.15) is 169 Å². The number of nitrogens with zero attached hydrogens (tertiary/aromatic N) is 2. The van der Waals surface area contributed by atoms with Crippen molar-refractivity contribution >= 4 is 11.8 Å². The Morgan fingerprint density at radius 1 is 0.609 bits per heavy atom. The van der Waals surface area contributed by atoms with E-state index in [2.05, 4.69) is 27.9 Å². The van der Waals surface area contributed by atoms with Crippen LogP contribution in [0.3, 0.4) is 0 Å². The molecule has 1 heterocycles. The van der Waals surface area contributed by atoms with Crippen molar-refractivity contribution in [2.75, 3.05) is 53.6 Å². The lowest BCUT2D eigenvalue weighted by Crippen LogP contribution is -2.49. The first-order valence-corrected chi connectivity index (χ1v) is 19.4. The summed E-state index contributed by atoms with van der Waals surface area (Å²) in [4.78, 5) is 27.0. The molecule has 0 aromatic heterocycles. The summed E-state index contributed by atoms with van der Waals surface area (Å²) in [5.41, 5.74) is 1.06. The van der Waals surface area contributed by atoms with Crippen molar-refractivity contribution in [1.82, 2.24) is 4.90 Å². The fraction of sp³-hybridized carbons (Fsp3) is 0.800. The van der Waals surface area contributed by atoms with Crippen LogP contribution in [-0.2, 0) is 9.47 Å². The quantitative estimate of drug-likeness (QED) is 0.0459.